The summed E-state index contributed by atoms with van der Waals surface area (Å²) in [5, 5.41) is 3.52. The van der Waals surface area contributed by atoms with Gasteiger partial charge in [0.05, 0.1) is 5.69 Å². The Morgan fingerprint density at radius 1 is 0.967 bits per heavy atom. The summed E-state index contributed by atoms with van der Waals surface area (Å²) in [5.74, 6) is -0.548. The van der Waals surface area contributed by atoms with Crippen molar-refractivity contribution < 1.29 is 25.8 Å². The number of aryl methyl sites for hydroxylation is 1. The normalized spacial score (nSPS) is 12.8. The van der Waals surface area contributed by atoms with Crippen molar-refractivity contribution in [2.45, 2.75) is 44.2 Å². The van der Waals surface area contributed by atoms with Gasteiger partial charge in [0.15, 0.2) is 5.69 Å². The highest BCUT2D eigenvalue weighted by Gasteiger charge is 2.36. The molecule has 160 valence electrons. The van der Waals surface area contributed by atoms with Crippen LogP contribution in [0.1, 0.15) is 37.6 Å². The molecule has 1 heterocycles. The maximum Gasteiger partial charge on any atom is 0.435 e. The SMILES string of the molecule is Cc1cccc(-n2nc(C(F)(F)F)cc2OS(=O)(=O)c2ccc(C(C)(C)C)cc2)c1. The predicted molar refractivity (Wildman–Crippen MR) is 106 cm³/mol. The number of alkyl halides is 3. The van der Waals surface area contributed by atoms with Gasteiger partial charge >= 0.3 is 16.3 Å². The van der Waals surface area contributed by atoms with Crippen molar-refractivity contribution in [2.75, 3.05) is 0 Å². The molecular weight excluding hydrogens is 417 g/mol. The van der Waals surface area contributed by atoms with Crippen molar-refractivity contribution >= 4 is 10.1 Å². The smallest absolute Gasteiger partial charge is 0.358 e. The van der Waals surface area contributed by atoms with Crippen LogP contribution in [0.3, 0.4) is 0 Å². The summed E-state index contributed by atoms with van der Waals surface area (Å²) in [7, 11) is -4.38. The molecule has 0 aliphatic carbocycles. The fraction of sp³-hybridized carbons (Fsp3) is 0.286. The fourth-order valence-electron chi connectivity index (χ4n) is 2.79. The van der Waals surface area contributed by atoms with E-state index in [0.29, 0.717) is 6.07 Å². The largest absolute Gasteiger partial charge is 0.435 e. The first kappa shape index (κ1) is 21.9. The Hall–Kier alpha value is -2.81. The number of nitrogens with zero attached hydrogens (tertiary/aromatic N) is 2. The van der Waals surface area contributed by atoms with Crippen LogP contribution in [-0.4, -0.2) is 18.2 Å². The third kappa shape index (κ3) is 4.67. The Kier molecular flexibility index (Phi) is 5.44. The van der Waals surface area contributed by atoms with Crippen LogP contribution in [0, 0.1) is 6.92 Å². The van der Waals surface area contributed by atoms with Crippen LogP contribution in [0.4, 0.5) is 13.2 Å². The average Bonchev–Trinajstić information content (AvgIpc) is 3.04. The minimum atomic E-state index is -4.76. The molecule has 0 bridgehead atoms. The predicted octanol–water partition coefficient (Wildman–Crippen LogP) is 5.26. The first-order chi connectivity index (χ1) is 13.8. The second-order valence-electron chi connectivity index (χ2n) is 7.93. The van der Waals surface area contributed by atoms with E-state index < -0.39 is 27.9 Å². The molecule has 0 fully saturated rings. The van der Waals surface area contributed by atoms with Gasteiger partial charge in [-0.2, -0.15) is 31.4 Å². The van der Waals surface area contributed by atoms with Crippen LogP contribution < -0.4 is 4.18 Å². The van der Waals surface area contributed by atoms with Gasteiger partial charge in [0.25, 0.3) is 0 Å². The maximum absolute atomic E-state index is 13.2. The van der Waals surface area contributed by atoms with Gasteiger partial charge in [-0.15, -0.1) is 0 Å². The van der Waals surface area contributed by atoms with E-state index in [0.717, 1.165) is 15.8 Å². The standard InChI is InChI=1S/C21H21F3N2O3S/c1-14-6-5-7-16(12-14)26-19(13-18(25-26)21(22,23)24)29-30(27,28)17-10-8-15(9-11-17)20(2,3)4/h5-13H,1-4H3. The van der Waals surface area contributed by atoms with Crippen LogP contribution in [0.15, 0.2) is 59.5 Å². The average molecular weight is 438 g/mol. The number of rotatable bonds is 4. The number of halogens is 3. The van der Waals surface area contributed by atoms with Gasteiger partial charge < -0.3 is 4.18 Å². The Bertz CT molecular complexity index is 1160. The van der Waals surface area contributed by atoms with Crippen LogP contribution >= 0.6 is 0 Å². The van der Waals surface area contributed by atoms with E-state index in [4.69, 9.17) is 4.18 Å². The van der Waals surface area contributed by atoms with Crippen molar-refractivity contribution in [3.63, 3.8) is 0 Å². The van der Waals surface area contributed by atoms with Crippen molar-refractivity contribution in [1.29, 1.82) is 0 Å². The van der Waals surface area contributed by atoms with Crippen LogP contribution in [0.2, 0.25) is 0 Å². The molecule has 5 nitrogen and oxygen atoms in total. The third-order valence-corrected chi connectivity index (χ3v) is 5.66. The number of aromatic nitrogens is 2. The van der Waals surface area contributed by atoms with Gasteiger partial charge in [-0.3, -0.25) is 0 Å². The number of hydrogen-bond donors (Lipinski definition) is 0. The number of benzene rings is 2. The van der Waals surface area contributed by atoms with Crippen molar-refractivity contribution in [3.8, 4) is 11.6 Å². The van der Waals surface area contributed by atoms with Gasteiger partial charge in [-0.05, 0) is 47.7 Å². The topological polar surface area (TPSA) is 61.2 Å². The minimum Gasteiger partial charge on any atom is -0.358 e. The van der Waals surface area contributed by atoms with E-state index in [1.54, 1.807) is 37.3 Å². The van der Waals surface area contributed by atoms with Gasteiger partial charge in [-0.25, -0.2) is 0 Å². The van der Waals surface area contributed by atoms with E-state index in [9.17, 15) is 21.6 Å². The zero-order chi connectivity index (χ0) is 22.3. The summed E-state index contributed by atoms with van der Waals surface area (Å²) in [6.07, 6.45) is -4.76. The molecule has 1 aromatic heterocycles. The Balaban J connectivity index is 2.03. The molecule has 3 aromatic rings. The quantitative estimate of drug-likeness (QED) is 0.521. The molecule has 0 N–H and O–H groups in total. The van der Waals surface area contributed by atoms with Crippen LogP contribution in [0.5, 0.6) is 5.88 Å². The Morgan fingerprint density at radius 2 is 1.60 bits per heavy atom. The van der Waals surface area contributed by atoms with Gasteiger partial charge in [0.1, 0.15) is 4.90 Å². The monoisotopic (exact) mass is 438 g/mol. The maximum atomic E-state index is 13.2. The molecule has 0 saturated heterocycles. The summed E-state index contributed by atoms with van der Waals surface area (Å²) in [6.45, 7) is 7.69. The lowest BCUT2D eigenvalue weighted by Gasteiger charge is -2.19. The highest BCUT2D eigenvalue weighted by molar-refractivity contribution is 7.87. The first-order valence-corrected chi connectivity index (χ1v) is 10.5. The van der Waals surface area contributed by atoms with Crippen molar-refractivity contribution in [2.24, 2.45) is 0 Å². The van der Waals surface area contributed by atoms with Gasteiger partial charge in [0.2, 0.25) is 5.88 Å². The van der Waals surface area contributed by atoms with E-state index in [1.807, 2.05) is 20.8 Å². The third-order valence-electron chi connectivity index (χ3n) is 4.42. The molecular formula is C21H21F3N2O3S. The lowest BCUT2D eigenvalue weighted by Crippen LogP contribution is -2.14. The zero-order valence-electron chi connectivity index (χ0n) is 16.9. The lowest BCUT2D eigenvalue weighted by atomic mass is 9.87. The fourth-order valence-corrected chi connectivity index (χ4v) is 3.70. The zero-order valence-corrected chi connectivity index (χ0v) is 17.7. The summed E-state index contributed by atoms with van der Waals surface area (Å²) in [6, 6.07) is 13.1. The lowest BCUT2D eigenvalue weighted by molar-refractivity contribution is -0.141. The van der Waals surface area contributed by atoms with Crippen LogP contribution in [-0.2, 0) is 21.7 Å². The summed E-state index contributed by atoms with van der Waals surface area (Å²) < 4.78 is 71.0. The molecule has 0 saturated carbocycles. The van der Waals surface area contributed by atoms with E-state index in [-0.39, 0.29) is 16.0 Å². The Labute approximate surface area is 173 Å². The summed E-state index contributed by atoms with van der Waals surface area (Å²) >= 11 is 0. The van der Waals surface area contributed by atoms with E-state index >= 15 is 0 Å². The molecule has 0 atom stereocenters. The highest BCUT2D eigenvalue weighted by atomic mass is 32.2. The second-order valence-corrected chi connectivity index (χ2v) is 9.47. The molecule has 2 aromatic carbocycles. The van der Waals surface area contributed by atoms with Crippen molar-refractivity contribution in [3.05, 3.63) is 71.4 Å². The van der Waals surface area contributed by atoms with E-state index in [1.165, 1.54) is 18.2 Å². The second kappa shape index (κ2) is 7.46. The van der Waals surface area contributed by atoms with E-state index in [2.05, 4.69) is 5.10 Å². The highest BCUT2D eigenvalue weighted by Crippen LogP contribution is 2.33. The molecule has 0 aliphatic heterocycles. The van der Waals surface area contributed by atoms with Crippen LogP contribution in [0.25, 0.3) is 5.69 Å². The summed E-state index contributed by atoms with van der Waals surface area (Å²) in [5.41, 5.74) is 0.485. The molecule has 0 spiro atoms. The van der Waals surface area contributed by atoms with Crippen molar-refractivity contribution in [1.82, 2.24) is 9.78 Å². The molecule has 3 rings (SSSR count). The molecule has 0 amide bonds. The minimum absolute atomic E-state index is 0.166. The van der Waals surface area contributed by atoms with Gasteiger partial charge in [0, 0.05) is 6.07 Å². The first-order valence-electron chi connectivity index (χ1n) is 9.07. The molecule has 0 unspecified atom stereocenters. The molecule has 30 heavy (non-hydrogen) atoms. The summed E-state index contributed by atoms with van der Waals surface area (Å²) in [4.78, 5) is -0.166. The molecule has 0 radical (unpaired) electrons. The molecule has 9 heteroatoms. The van der Waals surface area contributed by atoms with Gasteiger partial charge in [-0.1, -0.05) is 45.0 Å². The Morgan fingerprint density at radius 3 is 2.13 bits per heavy atom. The number of hydrogen-bond acceptors (Lipinski definition) is 4. The molecule has 0 aliphatic rings.